The van der Waals surface area contributed by atoms with Crippen LogP contribution in [-0.2, 0) is 20.9 Å². The highest BCUT2D eigenvalue weighted by Gasteiger charge is 2.23. The van der Waals surface area contributed by atoms with Crippen LogP contribution in [0.5, 0.6) is 0 Å². The molecule has 2 N–H and O–H groups in total. The second kappa shape index (κ2) is 10.3. The van der Waals surface area contributed by atoms with Crippen LogP contribution in [0.2, 0.25) is 5.02 Å². The highest BCUT2D eigenvalue weighted by molar-refractivity contribution is 6.31. The summed E-state index contributed by atoms with van der Waals surface area (Å²) in [6.45, 7) is 5.74. The quantitative estimate of drug-likeness (QED) is 0.669. The molecule has 9 heteroatoms. The van der Waals surface area contributed by atoms with Gasteiger partial charge in [0.15, 0.2) is 0 Å². The molecule has 0 unspecified atom stereocenters. The number of rotatable bonds is 6. The SMILES string of the molecule is CC(C)(C)C(=O)Nc1cc(Cl)ccc1-c1cc(=O)n(CC(=O)NCC2CCC(=O)CC2)cn1. The number of carbonyl (C=O) groups excluding carboxylic acids is 3. The van der Waals surface area contributed by atoms with Crippen LogP contribution >= 0.6 is 11.6 Å². The van der Waals surface area contributed by atoms with Gasteiger partial charge in [0.05, 0.1) is 17.7 Å². The van der Waals surface area contributed by atoms with Crippen molar-refractivity contribution < 1.29 is 14.4 Å². The molecule has 3 rings (SSSR count). The zero-order valence-corrected chi connectivity index (χ0v) is 19.9. The predicted molar refractivity (Wildman–Crippen MR) is 127 cm³/mol. The molecule has 1 aromatic carbocycles. The Kier molecular flexibility index (Phi) is 7.68. The minimum Gasteiger partial charge on any atom is -0.354 e. The molecule has 0 aliphatic heterocycles. The molecule has 0 radical (unpaired) electrons. The Labute approximate surface area is 197 Å². The Morgan fingerprint density at radius 3 is 2.48 bits per heavy atom. The number of amides is 2. The van der Waals surface area contributed by atoms with E-state index >= 15 is 0 Å². The van der Waals surface area contributed by atoms with E-state index in [4.69, 9.17) is 11.6 Å². The van der Waals surface area contributed by atoms with Gasteiger partial charge in [-0.1, -0.05) is 32.4 Å². The number of ketones is 1. The van der Waals surface area contributed by atoms with Gasteiger partial charge < -0.3 is 10.6 Å². The van der Waals surface area contributed by atoms with E-state index in [1.165, 1.54) is 17.0 Å². The molecular formula is C24H29ClN4O4. The molecule has 1 aliphatic carbocycles. The van der Waals surface area contributed by atoms with Gasteiger partial charge in [-0.15, -0.1) is 0 Å². The zero-order valence-electron chi connectivity index (χ0n) is 19.1. The Morgan fingerprint density at radius 2 is 1.85 bits per heavy atom. The summed E-state index contributed by atoms with van der Waals surface area (Å²) in [6, 6.07) is 6.29. The molecule has 2 amide bonds. The van der Waals surface area contributed by atoms with Crippen molar-refractivity contribution in [1.82, 2.24) is 14.9 Å². The fourth-order valence-corrected chi connectivity index (χ4v) is 3.69. The molecule has 0 bridgehead atoms. The monoisotopic (exact) mass is 472 g/mol. The van der Waals surface area contributed by atoms with E-state index in [-0.39, 0.29) is 35.6 Å². The number of nitrogens with one attached hydrogen (secondary N) is 2. The number of hydrogen-bond donors (Lipinski definition) is 2. The van der Waals surface area contributed by atoms with Crippen LogP contribution in [0, 0.1) is 11.3 Å². The maximum absolute atomic E-state index is 12.6. The van der Waals surface area contributed by atoms with Gasteiger partial charge >= 0.3 is 0 Å². The molecule has 0 spiro atoms. The molecule has 0 atom stereocenters. The number of hydrogen-bond acceptors (Lipinski definition) is 5. The summed E-state index contributed by atoms with van der Waals surface area (Å²) in [5, 5.41) is 6.13. The summed E-state index contributed by atoms with van der Waals surface area (Å²) in [6.07, 6.45) is 4.01. The molecule has 33 heavy (non-hydrogen) atoms. The average molecular weight is 473 g/mol. The predicted octanol–water partition coefficient (Wildman–Crippen LogP) is 3.42. The van der Waals surface area contributed by atoms with Crippen molar-refractivity contribution in [1.29, 1.82) is 0 Å². The third kappa shape index (κ3) is 6.74. The molecule has 1 aliphatic rings. The number of nitrogens with zero attached hydrogens (tertiary/aromatic N) is 2. The first kappa shape index (κ1) is 24.6. The topological polar surface area (TPSA) is 110 Å². The standard InChI is InChI=1S/C24H29ClN4O4/c1-24(2,3)23(33)28-20-10-16(25)6-9-18(20)19-11-22(32)29(14-27-19)13-21(31)26-12-15-4-7-17(30)8-5-15/h6,9-11,14-15H,4-5,7-8,12-13H2,1-3H3,(H,26,31)(H,28,33). The maximum atomic E-state index is 12.6. The van der Waals surface area contributed by atoms with Crippen molar-refractivity contribution in [3.63, 3.8) is 0 Å². The first-order chi connectivity index (χ1) is 15.5. The van der Waals surface area contributed by atoms with Gasteiger partial charge in [-0.2, -0.15) is 0 Å². The average Bonchev–Trinajstić information content (AvgIpc) is 2.74. The minimum atomic E-state index is -0.614. The van der Waals surface area contributed by atoms with Crippen molar-refractivity contribution >= 4 is 34.9 Å². The first-order valence-corrected chi connectivity index (χ1v) is 11.4. The van der Waals surface area contributed by atoms with Gasteiger partial charge in [0.1, 0.15) is 12.3 Å². The van der Waals surface area contributed by atoms with Gasteiger partial charge in [0, 0.05) is 41.5 Å². The van der Waals surface area contributed by atoms with Gasteiger partial charge in [-0.25, -0.2) is 4.98 Å². The van der Waals surface area contributed by atoms with Gasteiger partial charge in [0.25, 0.3) is 5.56 Å². The fraction of sp³-hybridized carbons (Fsp3) is 0.458. The lowest BCUT2D eigenvalue weighted by Gasteiger charge is -2.21. The van der Waals surface area contributed by atoms with Crippen molar-refractivity contribution in [2.45, 2.75) is 53.0 Å². The minimum absolute atomic E-state index is 0.147. The molecule has 0 saturated heterocycles. The third-order valence-corrected chi connectivity index (χ3v) is 5.87. The summed E-state index contributed by atoms with van der Waals surface area (Å²) in [5.41, 5.74) is 0.371. The summed E-state index contributed by atoms with van der Waals surface area (Å²) >= 11 is 6.11. The van der Waals surface area contributed by atoms with Crippen LogP contribution in [0.3, 0.4) is 0 Å². The van der Waals surface area contributed by atoms with Crippen molar-refractivity contribution in [2.75, 3.05) is 11.9 Å². The van der Waals surface area contributed by atoms with Crippen molar-refractivity contribution in [2.24, 2.45) is 11.3 Å². The highest BCUT2D eigenvalue weighted by atomic mass is 35.5. The van der Waals surface area contributed by atoms with Crippen LogP contribution in [0.25, 0.3) is 11.3 Å². The van der Waals surface area contributed by atoms with Crippen LogP contribution in [-0.4, -0.2) is 33.7 Å². The van der Waals surface area contributed by atoms with E-state index in [1.54, 1.807) is 39.0 Å². The van der Waals surface area contributed by atoms with Gasteiger partial charge in [0.2, 0.25) is 11.8 Å². The van der Waals surface area contributed by atoms with Crippen LogP contribution < -0.4 is 16.2 Å². The lowest BCUT2D eigenvalue weighted by atomic mass is 9.88. The van der Waals surface area contributed by atoms with Crippen LogP contribution in [0.4, 0.5) is 5.69 Å². The van der Waals surface area contributed by atoms with E-state index in [1.807, 2.05) is 0 Å². The molecular weight excluding hydrogens is 444 g/mol. The zero-order chi connectivity index (χ0) is 24.2. The number of anilines is 1. The maximum Gasteiger partial charge on any atom is 0.254 e. The van der Waals surface area contributed by atoms with Gasteiger partial charge in [-0.05, 0) is 37.0 Å². The normalized spacial score (nSPS) is 14.7. The van der Waals surface area contributed by atoms with E-state index in [0.29, 0.717) is 41.4 Å². The Balaban J connectivity index is 1.70. The first-order valence-electron chi connectivity index (χ1n) is 11.0. The van der Waals surface area contributed by atoms with E-state index in [0.717, 1.165) is 12.8 Å². The Bertz CT molecular complexity index is 1110. The lowest BCUT2D eigenvalue weighted by molar-refractivity contribution is -0.123. The molecule has 176 valence electrons. The smallest absolute Gasteiger partial charge is 0.254 e. The number of Topliss-reactive ketones (excluding diaryl/α,β-unsaturated/α-hetero) is 1. The number of aromatic nitrogens is 2. The highest BCUT2D eigenvalue weighted by Crippen LogP contribution is 2.30. The molecule has 8 nitrogen and oxygen atoms in total. The van der Waals surface area contributed by atoms with Crippen molar-refractivity contribution in [3.05, 3.63) is 46.0 Å². The Hall–Kier alpha value is -3.00. The second-order valence-corrected chi connectivity index (χ2v) is 9.86. The summed E-state index contributed by atoms with van der Waals surface area (Å²) < 4.78 is 1.23. The van der Waals surface area contributed by atoms with Gasteiger partial charge in [-0.3, -0.25) is 23.7 Å². The van der Waals surface area contributed by atoms with Crippen LogP contribution in [0.1, 0.15) is 46.5 Å². The second-order valence-electron chi connectivity index (χ2n) is 9.42. The van der Waals surface area contributed by atoms with E-state index in [2.05, 4.69) is 15.6 Å². The number of halogens is 1. The van der Waals surface area contributed by atoms with E-state index in [9.17, 15) is 19.2 Å². The molecule has 1 fully saturated rings. The van der Waals surface area contributed by atoms with E-state index < -0.39 is 5.41 Å². The summed E-state index contributed by atoms with van der Waals surface area (Å²) in [4.78, 5) is 53.1. The fourth-order valence-electron chi connectivity index (χ4n) is 3.52. The molecule has 1 saturated carbocycles. The number of carbonyl (C=O) groups is 3. The molecule has 1 heterocycles. The summed E-state index contributed by atoms with van der Waals surface area (Å²) in [7, 11) is 0. The molecule has 2 aromatic rings. The lowest BCUT2D eigenvalue weighted by Crippen LogP contribution is -2.36. The van der Waals surface area contributed by atoms with Crippen molar-refractivity contribution in [3.8, 4) is 11.3 Å². The molecule has 1 aromatic heterocycles. The third-order valence-electron chi connectivity index (χ3n) is 5.63. The summed E-state index contributed by atoms with van der Waals surface area (Å²) in [5.74, 6) is 0.0825. The number of benzene rings is 1. The van der Waals surface area contributed by atoms with Crippen LogP contribution in [0.15, 0.2) is 35.4 Å². The Morgan fingerprint density at radius 1 is 1.15 bits per heavy atom. The largest absolute Gasteiger partial charge is 0.354 e.